The van der Waals surface area contributed by atoms with E-state index in [1.807, 2.05) is 37.3 Å². The van der Waals surface area contributed by atoms with Crippen molar-refractivity contribution in [3.05, 3.63) is 64.7 Å². The molecule has 0 fully saturated rings. The highest BCUT2D eigenvalue weighted by Crippen LogP contribution is 2.30. The molecule has 0 N–H and O–H groups in total. The number of halogens is 1. The molecule has 0 radical (unpaired) electrons. The van der Waals surface area contributed by atoms with Gasteiger partial charge in [0.15, 0.2) is 6.61 Å². The van der Waals surface area contributed by atoms with Crippen molar-refractivity contribution in [3.8, 4) is 5.75 Å². The fraction of sp³-hybridized carbons (Fsp3) is 0.333. The normalized spacial score (nSPS) is 16.6. The van der Waals surface area contributed by atoms with Crippen LogP contribution in [0.1, 0.15) is 24.1 Å². The molecule has 0 bridgehead atoms. The number of carbonyl (C=O) groups is 2. The molecule has 1 amide bonds. The summed E-state index contributed by atoms with van der Waals surface area (Å²) in [5.41, 5.74) is 1.89. The summed E-state index contributed by atoms with van der Waals surface area (Å²) in [5.74, 6) is -0.397. The van der Waals surface area contributed by atoms with Gasteiger partial charge in [0.2, 0.25) is 0 Å². The molecule has 0 aromatic heterocycles. The van der Waals surface area contributed by atoms with Crippen molar-refractivity contribution in [3.63, 3.8) is 0 Å². The van der Waals surface area contributed by atoms with E-state index in [2.05, 4.69) is 0 Å². The third-order valence-electron chi connectivity index (χ3n) is 4.86. The highest BCUT2D eigenvalue weighted by Gasteiger charge is 2.28. The standard InChI is InChI=1S/C21H22ClNO4/c1-14(15-6-4-3-5-7-15)23(2)20(24)13-27-21(25)17-10-16-11-18(22)8-9-19(16)26-12-17/h3-9,11,14,17H,10,12-13H2,1-2H3/t14-,17+/m1/s1. The third-order valence-corrected chi connectivity index (χ3v) is 5.09. The number of hydrogen-bond donors (Lipinski definition) is 0. The number of carbonyl (C=O) groups excluding carboxylic acids is 2. The Kier molecular flexibility index (Phi) is 6.01. The van der Waals surface area contributed by atoms with Crippen LogP contribution in [0.2, 0.25) is 5.02 Å². The summed E-state index contributed by atoms with van der Waals surface area (Å²) in [5, 5.41) is 0.595. The van der Waals surface area contributed by atoms with Gasteiger partial charge in [0.25, 0.3) is 5.91 Å². The zero-order valence-electron chi connectivity index (χ0n) is 15.4. The molecule has 1 aliphatic rings. The number of likely N-dealkylation sites (N-methyl/N-ethyl adjacent to an activating group) is 1. The SMILES string of the molecule is C[C@H](c1ccccc1)N(C)C(=O)COC(=O)[C@@H]1COc2ccc(Cl)cc2C1. The molecule has 2 aromatic rings. The van der Waals surface area contributed by atoms with Crippen molar-refractivity contribution in [2.24, 2.45) is 5.92 Å². The van der Waals surface area contributed by atoms with E-state index < -0.39 is 11.9 Å². The van der Waals surface area contributed by atoms with Gasteiger partial charge in [-0.05, 0) is 42.7 Å². The summed E-state index contributed by atoms with van der Waals surface area (Å²) >= 11 is 6.00. The number of fused-ring (bicyclic) bond motifs is 1. The Morgan fingerprint density at radius 3 is 2.74 bits per heavy atom. The number of rotatable bonds is 5. The molecule has 27 heavy (non-hydrogen) atoms. The lowest BCUT2D eigenvalue weighted by atomic mass is 9.97. The fourth-order valence-corrected chi connectivity index (χ4v) is 3.23. The number of esters is 1. The Hall–Kier alpha value is -2.53. The van der Waals surface area contributed by atoms with Crippen LogP contribution in [0.5, 0.6) is 5.75 Å². The summed E-state index contributed by atoms with van der Waals surface area (Å²) in [7, 11) is 1.70. The minimum atomic E-state index is -0.444. The summed E-state index contributed by atoms with van der Waals surface area (Å²) in [6, 6.07) is 14.9. The van der Waals surface area contributed by atoms with Crippen LogP contribution in [0.25, 0.3) is 0 Å². The molecular weight excluding hydrogens is 366 g/mol. The third kappa shape index (κ3) is 4.61. The molecule has 0 spiro atoms. The Labute approximate surface area is 163 Å². The van der Waals surface area contributed by atoms with Gasteiger partial charge >= 0.3 is 5.97 Å². The molecule has 0 unspecified atom stereocenters. The highest BCUT2D eigenvalue weighted by molar-refractivity contribution is 6.30. The van der Waals surface area contributed by atoms with Crippen LogP contribution in [0.4, 0.5) is 0 Å². The van der Waals surface area contributed by atoms with Crippen LogP contribution in [-0.2, 0) is 20.7 Å². The van der Waals surface area contributed by atoms with Crippen molar-refractivity contribution in [2.45, 2.75) is 19.4 Å². The van der Waals surface area contributed by atoms with E-state index in [9.17, 15) is 9.59 Å². The van der Waals surface area contributed by atoms with E-state index in [0.717, 1.165) is 16.9 Å². The van der Waals surface area contributed by atoms with Gasteiger partial charge in [0.05, 0.1) is 12.0 Å². The lowest BCUT2D eigenvalue weighted by Gasteiger charge is -2.26. The summed E-state index contributed by atoms with van der Waals surface area (Å²) in [6.45, 7) is 1.88. The molecule has 0 saturated carbocycles. The predicted molar refractivity (Wildman–Crippen MR) is 103 cm³/mol. The number of amides is 1. The summed E-state index contributed by atoms with van der Waals surface area (Å²) in [6.07, 6.45) is 0.485. The predicted octanol–water partition coefficient (Wildman–Crippen LogP) is 3.65. The minimum Gasteiger partial charge on any atom is -0.492 e. The second kappa shape index (κ2) is 8.44. The fourth-order valence-electron chi connectivity index (χ4n) is 3.04. The largest absolute Gasteiger partial charge is 0.492 e. The van der Waals surface area contributed by atoms with Gasteiger partial charge < -0.3 is 14.4 Å². The lowest BCUT2D eigenvalue weighted by molar-refractivity contribution is -0.156. The van der Waals surface area contributed by atoms with Crippen molar-refractivity contribution < 1.29 is 19.1 Å². The Morgan fingerprint density at radius 1 is 1.26 bits per heavy atom. The van der Waals surface area contributed by atoms with Crippen LogP contribution in [-0.4, -0.2) is 37.0 Å². The molecular formula is C21H22ClNO4. The first kappa shape index (κ1) is 19.2. The van der Waals surface area contributed by atoms with Gasteiger partial charge in [0.1, 0.15) is 12.4 Å². The lowest BCUT2D eigenvalue weighted by Crippen LogP contribution is -2.36. The second-order valence-electron chi connectivity index (χ2n) is 6.66. The highest BCUT2D eigenvalue weighted by atomic mass is 35.5. The van der Waals surface area contributed by atoms with Gasteiger partial charge in [-0.25, -0.2) is 0 Å². The van der Waals surface area contributed by atoms with E-state index in [-0.39, 0.29) is 25.2 Å². The van der Waals surface area contributed by atoms with Crippen molar-refractivity contribution in [1.82, 2.24) is 4.90 Å². The van der Waals surface area contributed by atoms with Crippen LogP contribution in [0.15, 0.2) is 48.5 Å². The van der Waals surface area contributed by atoms with Crippen molar-refractivity contribution in [2.75, 3.05) is 20.3 Å². The van der Waals surface area contributed by atoms with Gasteiger partial charge in [0, 0.05) is 12.1 Å². The smallest absolute Gasteiger partial charge is 0.313 e. The molecule has 3 rings (SSSR count). The van der Waals surface area contributed by atoms with Crippen LogP contribution < -0.4 is 4.74 Å². The molecule has 142 valence electrons. The Balaban J connectivity index is 1.53. The van der Waals surface area contributed by atoms with Crippen molar-refractivity contribution >= 4 is 23.5 Å². The van der Waals surface area contributed by atoms with Gasteiger partial charge in [-0.3, -0.25) is 9.59 Å². The van der Waals surface area contributed by atoms with Gasteiger partial charge in [-0.1, -0.05) is 41.9 Å². The average molecular weight is 388 g/mol. The zero-order chi connectivity index (χ0) is 19.4. The molecule has 5 nitrogen and oxygen atoms in total. The summed E-state index contributed by atoms with van der Waals surface area (Å²) < 4.78 is 10.9. The van der Waals surface area contributed by atoms with Crippen LogP contribution >= 0.6 is 11.6 Å². The van der Waals surface area contributed by atoms with E-state index in [1.54, 1.807) is 30.1 Å². The molecule has 1 aliphatic heterocycles. The van der Waals surface area contributed by atoms with E-state index in [1.165, 1.54) is 0 Å². The number of benzene rings is 2. The van der Waals surface area contributed by atoms with Gasteiger partial charge in [-0.15, -0.1) is 0 Å². The van der Waals surface area contributed by atoms with E-state index >= 15 is 0 Å². The van der Waals surface area contributed by atoms with Crippen molar-refractivity contribution in [1.29, 1.82) is 0 Å². The van der Waals surface area contributed by atoms with Crippen LogP contribution in [0, 0.1) is 5.92 Å². The van der Waals surface area contributed by atoms with Gasteiger partial charge in [-0.2, -0.15) is 0 Å². The Morgan fingerprint density at radius 2 is 2.00 bits per heavy atom. The monoisotopic (exact) mass is 387 g/mol. The first-order valence-corrected chi connectivity index (χ1v) is 9.22. The number of hydrogen-bond acceptors (Lipinski definition) is 4. The first-order valence-electron chi connectivity index (χ1n) is 8.84. The number of nitrogens with zero attached hydrogens (tertiary/aromatic N) is 1. The van der Waals surface area contributed by atoms with Crippen LogP contribution in [0.3, 0.4) is 0 Å². The Bertz CT molecular complexity index is 824. The van der Waals surface area contributed by atoms with E-state index in [4.69, 9.17) is 21.1 Å². The molecule has 2 atom stereocenters. The zero-order valence-corrected chi connectivity index (χ0v) is 16.1. The molecule has 0 saturated heterocycles. The topological polar surface area (TPSA) is 55.8 Å². The molecule has 2 aromatic carbocycles. The molecule has 1 heterocycles. The maximum atomic E-state index is 12.4. The minimum absolute atomic E-state index is 0.107. The maximum Gasteiger partial charge on any atom is 0.313 e. The molecule has 0 aliphatic carbocycles. The number of ether oxygens (including phenoxy) is 2. The quantitative estimate of drug-likeness (QED) is 0.735. The average Bonchev–Trinajstić information content (AvgIpc) is 2.70. The first-order chi connectivity index (χ1) is 13.0. The van der Waals surface area contributed by atoms with E-state index in [0.29, 0.717) is 11.4 Å². The maximum absolute atomic E-state index is 12.4. The molecule has 6 heteroatoms. The summed E-state index contributed by atoms with van der Waals surface area (Å²) in [4.78, 5) is 26.3. The second-order valence-corrected chi connectivity index (χ2v) is 7.10.